The van der Waals surface area contributed by atoms with Crippen molar-refractivity contribution in [1.29, 1.82) is 0 Å². The van der Waals surface area contributed by atoms with Crippen LogP contribution in [0.2, 0.25) is 13.1 Å². The van der Waals surface area contributed by atoms with Gasteiger partial charge in [0.05, 0.1) is 0 Å². The van der Waals surface area contributed by atoms with E-state index in [2.05, 4.69) is 26.9 Å². The summed E-state index contributed by atoms with van der Waals surface area (Å²) in [5.41, 5.74) is 0. The Balaban J connectivity index is 3.09. The fourth-order valence-corrected chi connectivity index (χ4v) is 2.77. The molecule has 0 saturated heterocycles. The van der Waals surface area contributed by atoms with Crippen molar-refractivity contribution in [3.05, 3.63) is 0 Å². The maximum Gasteiger partial charge on any atom is 0.205 e. The van der Waals surface area contributed by atoms with Crippen LogP contribution in [-0.2, 0) is 4.43 Å². The van der Waals surface area contributed by atoms with Crippen molar-refractivity contribution in [2.24, 2.45) is 0 Å². The highest BCUT2D eigenvalue weighted by atomic mass is 28.3. The van der Waals surface area contributed by atoms with Gasteiger partial charge in [0.2, 0.25) is 9.04 Å². The maximum atomic E-state index is 5.80. The molecule has 0 aromatic rings. The summed E-state index contributed by atoms with van der Waals surface area (Å²) in [6.07, 6.45) is 11.5. The first-order valence-corrected chi connectivity index (χ1v) is 9.04. The van der Waals surface area contributed by atoms with Crippen LogP contribution in [-0.4, -0.2) is 15.1 Å². The van der Waals surface area contributed by atoms with Gasteiger partial charge < -0.3 is 4.43 Å². The van der Waals surface area contributed by atoms with Crippen LogP contribution in [0, 0.1) is 0 Å². The summed E-state index contributed by atoms with van der Waals surface area (Å²) in [6.45, 7) is 8.92. The molecule has 1 radical (unpaired) electrons. The van der Waals surface area contributed by atoms with Crippen molar-refractivity contribution < 1.29 is 4.43 Å². The maximum absolute atomic E-state index is 5.80. The second-order valence-electron chi connectivity index (χ2n) is 4.75. The zero-order valence-corrected chi connectivity index (χ0v) is 12.1. The van der Waals surface area contributed by atoms with Crippen LogP contribution < -0.4 is 0 Å². The molecule has 91 valence electrons. The fraction of sp³-hybridized carbons (Fsp3) is 1.00. The number of hydrogen-bond acceptors (Lipinski definition) is 1. The van der Waals surface area contributed by atoms with E-state index < -0.39 is 9.04 Å². The van der Waals surface area contributed by atoms with Gasteiger partial charge in [-0.1, -0.05) is 51.9 Å². The van der Waals surface area contributed by atoms with Crippen molar-refractivity contribution in [3.63, 3.8) is 0 Å². The molecule has 0 rings (SSSR count). The van der Waals surface area contributed by atoms with Gasteiger partial charge in [0.15, 0.2) is 0 Å². The molecule has 1 atom stereocenters. The molecule has 0 bridgehead atoms. The van der Waals surface area contributed by atoms with Crippen molar-refractivity contribution in [3.8, 4) is 0 Å². The van der Waals surface area contributed by atoms with Crippen molar-refractivity contribution in [1.82, 2.24) is 0 Å². The van der Waals surface area contributed by atoms with E-state index >= 15 is 0 Å². The second-order valence-corrected chi connectivity index (χ2v) is 6.80. The molecule has 0 amide bonds. The smallest absolute Gasteiger partial charge is 0.205 e. The zero-order valence-electron chi connectivity index (χ0n) is 11.1. The Bertz CT molecular complexity index is 126. The van der Waals surface area contributed by atoms with E-state index in [9.17, 15) is 0 Å². The third-order valence-electron chi connectivity index (χ3n) is 2.65. The molecule has 0 aliphatic carbocycles. The molecule has 0 N–H and O–H groups in total. The third kappa shape index (κ3) is 12.1. The third-order valence-corrected chi connectivity index (χ3v) is 3.52. The molecule has 15 heavy (non-hydrogen) atoms. The highest BCUT2D eigenvalue weighted by molar-refractivity contribution is 6.48. The minimum atomic E-state index is -0.488. The minimum absolute atomic E-state index is 0.488. The molecule has 0 aromatic heterocycles. The first kappa shape index (κ1) is 15.2. The lowest BCUT2D eigenvalue weighted by Gasteiger charge is -2.14. The van der Waals surface area contributed by atoms with Gasteiger partial charge in [-0.3, -0.25) is 0 Å². The van der Waals surface area contributed by atoms with Gasteiger partial charge in [0.25, 0.3) is 0 Å². The Morgan fingerprint density at radius 2 is 1.47 bits per heavy atom. The van der Waals surface area contributed by atoms with Gasteiger partial charge in [0, 0.05) is 6.10 Å². The van der Waals surface area contributed by atoms with Crippen LogP contribution in [0.3, 0.4) is 0 Å². The quantitative estimate of drug-likeness (QED) is 0.387. The summed E-state index contributed by atoms with van der Waals surface area (Å²) in [5, 5.41) is 0. The average molecular weight is 229 g/mol. The molecular weight excluding hydrogens is 200 g/mol. The van der Waals surface area contributed by atoms with Crippen LogP contribution in [0.4, 0.5) is 0 Å². The topological polar surface area (TPSA) is 9.23 Å². The van der Waals surface area contributed by atoms with E-state index in [0.29, 0.717) is 6.10 Å². The Morgan fingerprint density at radius 1 is 0.933 bits per heavy atom. The predicted molar refractivity (Wildman–Crippen MR) is 70.6 cm³/mol. The number of unbranched alkanes of at least 4 members (excludes halogenated alkanes) is 6. The lowest BCUT2D eigenvalue weighted by Crippen LogP contribution is -2.17. The summed E-state index contributed by atoms with van der Waals surface area (Å²) >= 11 is 0. The fourth-order valence-electron chi connectivity index (χ4n) is 1.85. The molecule has 0 aliphatic heterocycles. The van der Waals surface area contributed by atoms with Gasteiger partial charge in [-0.25, -0.2) is 0 Å². The first-order chi connectivity index (χ1) is 7.16. The SMILES string of the molecule is CCCCCCCCCC(C)O[Si](C)C. The summed E-state index contributed by atoms with van der Waals surface area (Å²) in [4.78, 5) is 0. The van der Waals surface area contributed by atoms with Crippen LogP contribution in [0.15, 0.2) is 0 Å². The molecule has 0 spiro atoms. The van der Waals surface area contributed by atoms with Crippen molar-refractivity contribution >= 4 is 9.04 Å². The van der Waals surface area contributed by atoms with E-state index in [1.807, 2.05) is 0 Å². The zero-order chi connectivity index (χ0) is 11.5. The summed E-state index contributed by atoms with van der Waals surface area (Å²) < 4.78 is 5.80. The summed E-state index contributed by atoms with van der Waals surface area (Å²) in [7, 11) is -0.488. The highest BCUT2D eigenvalue weighted by Gasteiger charge is 2.05. The van der Waals surface area contributed by atoms with Crippen LogP contribution in [0.5, 0.6) is 0 Å². The van der Waals surface area contributed by atoms with Gasteiger partial charge in [-0.05, 0) is 26.4 Å². The van der Waals surface area contributed by atoms with E-state index in [1.165, 1.54) is 51.4 Å². The highest BCUT2D eigenvalue weighted by Crippen LogP contribution is 2.11. The van der Waals surface area contributed by atoms with Crippen molar-refractivity contribution in [2.45, 2.75) is 84.4 Å². The van der Waals surface area contributed by atoms with Crippen molar-refractivity contribution in [2.75, 3.05) is 0 Å². The molecule has 0 heterocycles. The Hall–Kier alpha value is 0.177. The van der Waals surface area contributed by atoms with Crippen LogP contribution in [0.25, 0.3) is 0 Å². The lowest BCUT2D eigenvalue weighted by molar-refractivity contribution is 0.209. The normalized spacial score (nSPS) is 13.4. The van der Waals surface area contributed by atoms with E-state index in [0.717, 1.165) is 0 Å². The van der Waals surface area contributed by atoms with Gasteiger partial charge in [-0.15, -0.1) is 0 Å². The molecule has 1 unspecified atom stereocenters. The lowest BCUT2D eigenvalue weighted by atomic mass is 10.1. The summed E-state index contributed by atoms with van der Waals surface area (Å²) in [6, 6.07) is 0. The van der Waals surface area contributed by atoms with Crippen LogP contribution in [0.1, 0.15) is 65.2 Å². The molecule has 2 heteroatoms. The molecule has 0 fully saturated rings. The average Bonchev–Trinajstić information content (AvgIpc) is 2.15. The molecule has 0 aromatic carbocycles. The Kier molecular flexibility index (Phi) is 10.8. The second kappa shape index (κ2) is 10.7. The standard InChI is InChI=1S/C13H29OSi/c1-5-6-7-8-9-10-11-12-13(2)14-15(3)4/h13H,5-12H2,1-4H3. The van der Waals surface area contributed by atoms with E-state index in [4.69, 9.17) is 4.43 Å². The number of rotatable bonds is 10. The van der Waals surface area contributed by atoms with Gasteiger partial charge in [-0.2, -0.15) is 0 Å². The molecule has 1 nitrogen and oxygen atoms in total. The minimum Gasteiger partial charge on any atom is -0.415 e. The molecule has 0 aliphatic rings. The molecular formula is C13H29OSi. The van der Waals surface area contributed by atoms with Gasteiger partial charge in [0.1, 0.15) is 0 Å². The predicted octanol–water partition coefficient (Wildman–Crippen LogP) is 4.78. The Labute approximate surface area is 98.3 Å². The monoisotopic (exact) mass is 229 g/mol. The largest absolute Gasteiger partial charge is 0.415 e. The summed E-state index contributed by atoms with van der Waals surface area (Å²) in [5.74, 6) is 0. The van der Waals surface area contributed by atoms with Crippen LogP contribution >= 0.6 is 0 Å². The number of hydrogen-bond donors (Lipinski definition) is 0. The van der Waals surface area contributed by atoms with E-state index in [-0.39, 0.29) is 0 Å². The van der Waals surface area contributed by atoms with E-state index in [1.54, 1.807) is 0 Å². The Morgan fingerprint density at radius 3 is 2.00 bits per heavy atom. The van der Waals surface area contributed by atoms with Gasteiger partial charge >= 0.3 is 0 Å². The first-order valence-electron chi connectivity index (χ1n) is 6.63. The molecule has 0 saturated carbocycles.